The molecule has 1 aliphatic heterocycles. The first-order chi connectivity index (χ1) is 14.8. The van der Waals surface area contributed by atoms with Crippen LogP contribution >= 0.6 is 23.2 Å². The fraction of sp³-hybridized carbons (Fsp3) is 0.304. The van der Waals surface area contributed by atoms with Gasteiger partial charge in [-0.2, -0.15) is 0 Å². The van der Waals surface area contributed by atoms with Crippen molar-refractivity contribution in [3.05, 3.63) is 69.3 Å². The van der Waals surface area contributed by atoms with Gasteiger partial charge < -0.3 is 19.7 Å². The molecular formula is C23H20Cl2N2O4. The predicted molar refractivity (Wildman–Crippen MR) is 118 cm³/mol. The van der Waals surface area contributed by atoms with Gasteiger partial charge in [0.05, 0.1) is 28.7 Å². The summed E-state index contributed by atoms with van der Waals surface area (Å²) in [6.45, 7) is 0.692. The summed E-state index contributed by atoms with van der Waals surface area (Å²) in [5.74, 6) is -1.03. The summed E-state index contributed by atoms with van der Waals surface area (Å²) in [6, 6.07) is 12.7. The van der Waals surface area contributed by atoms with Crippen LogP contribution in [0.3, 0.4) is 0 Å². The number of ether oxygens (including phenoxy) is 1. The molecule has 0 bridgehead atoms. The van der Waals surface area contributed by atoms with Gasteiger partial charge in [0, 0.05) is 18.0 Å². The van der Waals surface area contributed by atoms with Crippen molar-refractivity contribution in [1.82, 2.24) is 9.88 Å². The van der Waals surface area contributed by atoms with Crippen LogP contribution in [0, 0.1) is 0 Å². The van der Waals surface area contributed by atoms with Crippen LogP contribution in [0.5, 0.6) is 0 Å². The van der Waals surface area contributed by atoms with Crippen LogP contribution in [0.25, 0.3) is 10.9 Å². The summed E-state index contributed by atoms with van der Waals surface area (Å²) < 4.78 is 7.23. The molecule has 1 amide bonds. The Labute approximate surface area is 188 Å². The summed E-state index contributed by atoms with van der Waals surface area (Å²) in [4.78, 5) is 24.8. The van der Waals surface area contributed by atoms with Crippen molar-refractivity contribution in [1.29, 1.82) is 0 Å². The number of amides is 1. The lowest BCUT2D eigenvalue weighted by Crippen LogP contribution is -2.59. The third-order valence-corrected chi connectivity index (χ3v) is 7.36. The zero-order valence-electron chi connectivity index (χ0n) is 16.7. The van der Waals surface area contributed by atoms with Crippen LogP contribution < -0.4 is 5.32 Å². The SMILES string of the molecule is Cn1c(C(=O)NC2(c3ccc(C4(C(=O)O)CC4)cc3)COC2)cc2c(Cl)c(Cl)ccc21. The molecule has 31 heavy (non-hydrogen) atoms. The van der Waals surface area contributed by atoms with E-state index in [1.807, 2.05) is 30.3 Å². The average molecular weight is 459 g/mol. The number of aryl methyl sites for hydroxylation is 1. The van der Waals surface area contributed by atoms with E-state index in [2.05, 4.69) is 5.32 Å². The summed E-state index contributed by atoms with van der Waals surface area (Å²) in [6.07, 6.45) is 1.31. The molecule has 2 heterocycles. The van der Waals surface area contributed by atoms with Gasteiger partial charge in [-0.15, -0.1) is 0 Å². The molecule has 0 radical (unpaired) electrons. The monoisotopic (exact) mass is 458 g/mol. The Morgan fingerprint density at radius 2 is 1.71 bits per heavy atom. The highest BCUT2D eigenvalue weighted by Crippen LogP contribution is 2.48. The second-order valence-electron chi connectivity index (χ2n) is 8.38. The van der Waals surface area contributed by atoms with Crippen LogP contribution in [-0.2, 0) is 27.5 Å². The Bertz CT molecular complexity index is 1220. The molecular weight excluding hydrogens is 439 g/mol. The molecule has 2 aliphatic rings. The highest BCUT2D eigenvalue weighted by Gasteiger charge is 2.52. The zero-order valence-corrected chi connectivity index (χ0v) is 18.3. The van der Waals surface area contributed by atoms with E-state index < -0.39 is 16.9 Å². The molecule has 2 fully saturated rings. The second-order valence-corrected chi connectivity index (χ2v) is 9.16. The summed E-state index contributed by atoms with van der Waals surface area (Å²) in [5, 5.41) is 14.2. The molecule has 2 N–H and O–H groups in total. The average Bonchev–Trinajstić information content (AvgIpc) is 3.47. The van der Waals surface area contributed by atoms with Crippen LogP contribution in [-0.4, -0.2) is 34.8 Å². The van der Waals surface area contributed by atoms with Gasteiger partial charge in [-0.3, -0.25) is 9.59 Å². The molecule has 2 aromatic carbocycles. The number of benzene rings is 2. The number of carbonyl (C=O) groups is 2. The number of aromatic nitrogens is 1. The van der Waals surface area contributed by atoms with Crippen molar-refractivity contribution in [2.75, 3.05) is 13.2 Å². The number of nitrogens with zero attached hydrogens (tertiary/aromatic N) is 1. The quantitative estimate of drug-likeness (QED) is 0.598. The maximum atomic E-state index is 13.2. The van der Waals surface area contributed by atoms with E-state index in [-0.39, 0.29) is 5.91 Å². The van der Waals surface area contributed by atoms with Crippen molar-refractivity contribution in [2.45, 2.75) is 23.8 Å². The molecule has 0 spiro atoms. The van der Waals surface area contributed by atoms with Gasteiger partial charge in [0.25, 0.3) is 5.91 Å². The Balaban J connectivity index is 1.44. The molecule has 1 aliphatic carbocycles. The number of hydrogen-bond donors (Lipinski definition) is 2. The fourth-order valence-electron chi connectivity index (χ4n) is 4.32. The van der Waals surface area contributed by atoms with Crippen LogP contribution in [0.15, 0.2) is 42.5 Å². The van der Waals surface area contributed by atoms with Gasteiger partial charge in [-0.05, 0) is 42.2 Å². The molecule has 3 aromatic rings. The predicted octanol–water partition coefficient (Wildman–Crippen LogP) is 4.26. The zero-order chi connectivity index (χ0) is 22.0. The fourth-order valence-corrected chi connectivity index (χ4v) is 4.70. The van der Waals surface area contributed by atoms with Crippen molar-refractivity contribution in [3.8, 4) is 0 Å². The Kier molecular flexibility index (Phi) is 4.59. The van der Waals surface area contributed by atoms with E-state index in [0.717, 1.165) is 16.6 Å². The number of carbonyl (C=O) groups excluding carboxylic acids is 1. The third kappa shape index (κ3) is 3.04. The van der Waals surface area contributed by atoms with E-state index in [4.69, 9.17) is 27.9 Å². The first-order valence-electron chi connectivity index (χ1n) is 9.96. The maximum Gasteiger partial charge on any atom is 0.314 e. The molecule has 1 saturated heterocycles. The Morgan fingerprint density at radius 1 is 1.06 bits per heavy atom. The Hall–Kier alpha value is -2.54. The molecule has 1 saturated carbocycles. The lowest BCUT2D eigenvalue weighted by Gasteiger charge is -2.42. The van der Waals surface area contributed by atoms with Crippen LogP contribution in [0.1, 0.15) is 34.5 Å². The lowest BCUT2D eigenvalue weighted by atomic mass is 9.85. The number of carboxylic acid groups (broad SMARTS) is 1. The highest BCUT2D eigenvalue weighted by atomic mass is 35.5. The second kappa shape index (κ2) is 6.99. The maximum absolute atomic E-state index is 13.2. The number of hydrogen-bond acceptors (Lipinski definition) is 3. The molecule has 6 nitrogen and oxygen atoms in total. The third-order valence-electron chi connectivity index (χ3n) is 6.55. The van der Waals surface area contributed by atoms with E-state index in [1.165, 1.54) is 0 Å². The van der Waals surface area contributed by atoms with Gasteiger partial charge in [-0.1, -0.05) is 47.5 Å². The largest absolute Gasteiger partial charge is 0.481 e. The molecule has 8 heteroatoms. The summed E-state index contributed by atoms with van der Waals surface area (Å²) >= 11 is 12.4. The number of halogens is 2. The van der Waals surface area contributed by atoms with Gasteiger partial charge >= 0.3 is 5.97 Å². The van der Waals surface area contributed by atoms with Gasteiger partial charge in [0.2, 0.25) is 0 Å². The van der Waals surface area contributed by atoms with Crippen molar-refractivity contribution < 1.29 is 19.4 Å². The normalized spacial score (nSPS) is 18.4. The summed E-state index contributed by atoms with van der Waals surface area (Å²) in [5.41, 5.74) is 1.54. The molecule has 5 rings (SSSR count). The smallest absolute Gasteiger partial charge is 0.314 e. The van der Waals surface area contributed by atoms with Crippen LogP contribution in [0.4, 0.5) is 0 Å². The number of aliphatic carboxylic acids is 1. The van der Waals surface area contributed by atoms with Gasteiger partial charge in [-0.25, -0.2) is 0 Å². The first-order valence-corrected chi connectivity index (χ1v) is 10.7. The topological polar surface area (TPSA) is 80.6 Å². The molecule has 0 atom stereocenters. The van der Waals surface area contributed by atoms with Gasteiger partial charge in [0.15, 0.2) is 0 Å². The summed E-state index contributed by atoms with van der Waals surface area (Å²) in [7, 11) is 1.81. The Morgan fingerprint density at radius 3 is 2.26 bits per heavy atom. The standard InChI is InChI=1S/C23H20Cl2N2O4/c1-27-17-7-6-16(24)19(25)15(17)10-18(27)20(28)26-23(11-31-12-23)14-4-2-13(3-5-14)22(8-9-22)21(29)30/h2-7,10H,8-9,11-12H2,1H3,(H,26,28)(H,29,30). The minimum atomic E-state index is -0.787. The van der Waals surface area contributed by atoms with E-state index in [0.29, 0.717) is 47.2 Å². The van der Waals surface area contributed by atoms with Crippen molar-refractivity contribution in [3.63, 3.8) is 0 Å². The van der Waals surface area contributed by atoms with Crippen LogP contribution in [0.2, 0.25) is 10.0 Å². The molecule has 1 aromatic heterocycles. The number of fused-ring (bicyclic) bond motifs is 1. The number of carboxylic acids is 1. The lowest BCUT2D eigenvalue weighted by molar-refractivity contribution is -0.140. The van der Waals surface area contributed by atoms with Gasteiger partial charge in [0.1, 0.15) is 11.2 Å². The highest BCUT2D eigenvalue weighted by molar-refractivity contribution is 6.45. The van der Waals surface area contributed by atoms with Crippen molar-refractivity contribution >= 4 is 46.0 Å². The first kappa shape index (κ1) is 20.4. The number of rotatable bonds is 5. The molecule has 0 unspecified atom stereocenters. The molecule has 160 valence electrons. The van der Waals surface area contributed by atoms with Crippen molar-refractivity contribution in [2.24, 2.45) is 7.05 Å². The number of nitrogens with one attached hydrogen (secondary N) is 1. The van der Waals surface area contributed by atoms with E-state index in [9.17, 15) is 14.7 Å². The minimum absolute atomic E-state index is 0.248. The van der Waals surface area contributed by atoms with E-state index >= 15 is 0 Å². The van der Waals surface area contributed by atoms with E-state index in [1.54, 1.807) is 23.7 Å². The minimum Gasteiger partial charge on any atom is -0.481 e.